The van der Waals surface area contributed by atoms with Crippen LogP contribution in [-0.2, 0) is 20.9 Å². The molecule has 132 valence electrons. The third-order valence-electron chi connectivity index (χ3n) is 4.03. The summed E-state index contributed by atoms with van der Waals surface area (Å²) in [5.74, 6) is 0.536. The quantitative estimate of drug-likeness (QED) is 0.776. The molecule has 1 amide bonds. The molecule has 0 bridgehead atoms. The number of benzene rings is 1. The number of esters is 1. The Morgan fingerprint density at radius 3 is 2.80 bits per heavy atom. The Labute approximate surface area is 145 Å². The lowest BCUT2D eigenvalue weighted by molar-refractivity contribution is -0.145. The van der Waals surface area contributed by atoms with Gasteiger partial charge in [0.2, 0.25) is 0 Å². The zero-order valence-corrected chi connectivity index (χ0v) is 14.4. The average Bonchev–Trinajstić information content (AvgIpc) is 3.07. The second kappa shape index (κ2) is 6.96. The lowest BCUT2D eigenvalue weighted by Gasteiger charge is -2.33. The van der Waals surface area contributed by atoms with Gasteiger partial charge in [-0.1, -0.05) is 31.1 Å². The minimum absolute atomic E-state index is 0.145. The molecule has 25 heavy (non-hydrogen) atoms. The number of para-hydroxylation sites is 2. The molecule has 0 spiro atoms. The SMILES string of the molecule is COC(=O)C[C@@H]1Oc2ccccc2N(Cc2cc(C(C)C)no2)C1=O. The highest BCUT2D eigenvalue weighted by Gasteiger charge is 2.36. The number of ether oxygens (including phenoxy) is 2. The van der Waals surface area contributed by atoms with Crippen molar-refractivity contribution in [1.29, 1.82) is 0 Å². The largest absolute Gasteiger partial charge is 0.478 e. The summed E-state index contributed by atoms with van der Waals surface area (Å²) >= 11 is 0. The Morgan fingerprint density at radius 2 is 2.12 bits per heavy atom. The predicted molar refractivity (Wildman–Crippen MR) is 89.3 cm³/mol. The number of aromatic nitrogens is 1. The monoisotopic (exact) mass is 344 g/mol. The molecule has 2 aromatic rings. The van der Waals surface area contributed by atoms with E-state index in [9.17, 15) is 9.59 Å². The summed E-state index contributed by atoms with van der Waals surface area (Å²) in [6, 6.07) is 9.03. The van der Waals surface area contributed by atoms with Crippen LogP contribution in [0, 0.1) is 0 Å². The highest BCUT2D eigenvalue weighted by Crippen LogP contribution is 2.35. The van der Waals surface area contributed by atoms with E-state index in [2.05, 4.69) is 9.89 Å². The van der Waals surface area contributed by atoms with E-state index in [0.717, 1.165) is 5.69 Å². The number of carbonyl (C=O) groups is 2. The molecule has 1 aromatic carbocycles. The molecule has 1 aliphatic heterocycles. The van der Waals surface area contributed by atoms with Gasteiger partial charge in [-0.25, -0.2) is 0 Å². The van der Waals surface area contributed by atoms with E-state index in [1.54, 1.807) is 17.0 Å². The number of carbonyl (C=O) groups excluding carboxylic acids is 2. The maximum absolute atomic E-state index is 12.8. The molecule has 0 unspecified atom stereocenters. The van der Waals surface area contributed by atoms with Crippen molar-refractivity contribution in [2.24, 2.45) is 0 Å². The minimum atomic E-state index is -0.921. The van der Waals surface area contributed by atoms with Gasteiger partial charge in [-0.3, -0.25) is 14.5 Å². The normalized spacial score (nSPS) is 16.6. The molecule has 7 nitrogen and oxygen atoms in total. The number of amides is 1. The first-order valence-corrected chi connectivity index (χ1v) is 8.09. The number of nitrogens with zero attached hydrogens (tertiary/aromatic N) is 2. The number of fused-ring (bicyclic) bond motifs is 1. The zero-order chi connectivity index (χ0) is 18.0. The van der Waals surface area contributed by atoms with Gasteiger partial charge in [-0.2, -0.15) is 0 Å². The summed E-state index contributed by atoms with van der Waals surface area (Å²) in [4.78, 5) is 25.9. The third-order valence-corrected chi connectivity index (χ3v) is 4.03. The molecular formula is C18H20N2O5. The van der Waals surface area contributed by atoms with E-state index >= 15 is 0 Å². The topological polar surface area (TPSA) is 81.9 Å². The van der Waals surface area contributed by atoms with Crippen LogP contribution < -0.4 is 9.64 Å². The van der Waals surface area contributed by atoms with E-state index in [1.165, 1.54) is 7.11 Å². The van der Waals surface area contributed by atoms with Crippen LogP contribution in [0.2, 0.25) is 0 Å². The summed E-state index contributed by atoms with van der Waals surface area (Å²) in [6.45, 7) is 4.25. The van der Waals surface area contributed by atoms with Crippen molar-refractivity contribution in [3.05, 3.63) is 41.8 Å². The van der Waals surface area contributed by atoms with Crippen molar-refractivity contribution in [2.45, 2.75) is 38.8 Å². The molecular weight excluding hydrogens is 324 g/mol. The lowest BCUT2D eigenvalue weighted by Crippen LogP contribution is -2.46. The van der Waals surface area contributed by atoms with E-state index in [4.69, 9.17) is 9.26 Å². The fourth-order valence-electron chi connectivity index (χ4n) is 2.63. The highest BCUT2D eigenvalue weighted by atomic mass is 16.5. The predicted octanol–water partition coefficient (Wildman–Crippen LogP) is 2.66. The van der Waals surface area contributed by atoms with E-state index in [0.29, 0.717) is 17.2 Å². The van der Waals surface area contributed by atoms with Gasteiger partial charge < -0.3 is 14.0 Å². The number of rotatable bonds is 5. The van der Waals surface area contributed by atoms with Crippen LogP contribution in [0.3, 0.4) is 0 Å². The second-order valence-electron chi connectivity index (χ2n) is 6.15. The van der Waals surface area contributed by atoms with Crippen LogP contribution >= 0.6 is 0 Å². The second-order valence-corrected chi connectivity index (χ2v) is 6.15. The molecule has 0 radical (unpaired) electrons. The first-order chi connectivity index (χ1) is 12.0. The van der Waals surface area contributed by atoms with Crippen molar-refractivity contribution in [1.82, 2.24) is 5.16 Å². The molecule has 2 heterocycles. The summed E-state index contributed by atoms with van der Waals surface area (Å²) in [7, 11) is 1.28. The third kappa shape index (κ3) is 3.50. The van der Waals surface area contributed by atoms with Gasteiger partial charge >= 0.3 is 5.97 Å². The molecule has 0 fully saturated rings. The number of hydrogen-bond donors (Lipinski definition) is 0. The summed E-state index contributed by atoms with van der Waals surface area (Å²) in [5.41, 5.74) is 1.46. The Bertz CT molecular complexity index is 783. The fraction of sp³-hybridized carbons (Fsp3) is 0.389. The van der Waals surface area contributed by atoms with Gasteiger partial charge in [0.15, 0.2) is 11.9 Å². The minimum Gasteiger partial charge on any atom is -0.478 e. The first-order valence-electron chi connectivity index (χ1n) is 8.09. The van der Waals surface area contributed by atoms with Gasteiger partial charge in [0.1, 0.15) is 5.75 Å². The van der Waals surface area contributed by atoms with Crippen molar-refractivity contribution in [3.63, 3.8) is 0 Å². The highest BCUT2D eigenvalue weighted by molar-refractivity contribution is 6.01. The van der Waals surface area contributed by atoms with Crippen molar-refractivity contribution in [2.75, 3.05) is 12.0 Å². The maximum Gasteiger partial charge on any atom is 0.309 e. The Morgan fingerprint density at radius 1 is 1.36 bits per heavy atom. The molecule has 1 atom stereocenters. The molecule has 1 aromatic heterocycles. The molecule has 0 N–H and O–H groups in total. The molecule has 1 aliphatic rings. The van der Waals surface area contributed by atoms with Gasteiger partial charge in [0.05, 0.1) is 31.5 Å². The number of anilines is 1. The average molecular weight is 344 g/mol. The van der Waals surface area contributed by atoms with Crippen LogP contribution in [-0.4, -0.2) is 30.2 Å². The Kier molecular flexibility index (Phi) is 4.74. The molecule has 3 rings (SSSR count). The maximum atomic E-state index is 12.8. The number of methoxy groups -OCH3 is 1. The molecule has 0 saturated heterocycles. The summed E-state index contributed by atoms with van der Waals surface area (Å²) in [6.07, 6.45) is -1.07. The zero-order valence-electron chi connectivity index (χ0n) is 14.4. The summed E-state index contributed by atoms with van der Waals surface area (Å²) < 4.78 is 15.7. The van der Waals surface area contributed by atoms with Gasteiger partial charge in [0.25, 0.3) is 5.91 Å². The van der Waals surface area contributed by atoms with Crippen LogP contribution in [0.5, 0.6) is 5.75 Å². The van der Waals surface area contributed by atoms with Crippen molar-refractivity contribution in [3.8, 4) is 5.75 Å². The van der Waals surface area contributed by atoms with Gasteiger partial charge in [-0.15, -0.1) is 0 Å². The van der Waals surface area contributed by atoms with Crippen molar-refractivity contribution < 1.29 is 23.6 Å². The van der Waals surface area contributed by atoms with Crippen LogP contribution in [0.1, 0.15) is 37.6 Å². The molecule has 7 heteroatoms. The molecule has 0 saturated carbocycles. The Balaban J connectivity index is 1.89. The fourth-order valence-corrected chi connectivity index (χ4v) is 2.63. The lowest BCUT2D eigenvalue weighted by atomic mass is 10.1. The van der Waals surface area contributed by atoms with Crippen molar-refractivity contribution >= 4 is 17.6 Å². The first kappa shape index (κ1) is 17.0. The Hall–Kier alpha value is -2.83. The summed E-state index contributed by atoms with van der Waals surface area (Å²) in [5, 5.41) is 4.02. The van der Waals surface area contributed by atoms with Crippen LogP contribution in [0.25, 0.3) is 0 Å². The van der Waals surface area contributed by atoms with Crippen LogP contribution in [0.15, 0.2) is 34.9 Å². The number of hydrogen-bond acceptors (Lipinski definition) is 6. The van der Waals surface area contributed by atoms with E-state index < -0.39 is 12.1 Å². The van der Waals surface area contributed by atoms with Gasteiger partial charge in [0, 0.05) is 6.07 Å². The van der Waals surface area contributed by atoms with E-state index in [-0.39, 0.29) is 24.8 Å². The van der Waals surface area contributed by atoms with Gasteiger partial charge in [-0.05, 0) is 18.1 Å². The molecule has 0 aliphatic carbocycles. The van der Waals surface area contributed by atoms with Crippen LogP contribution in [0.4, 0.5) is 5.69 Å². The standard InChI is InChI=1S/C18H20N2O5/c1-11(2)13-8-12(25-19-13)10-20-14-6-4-5-7-15(14)24-16(18(20)22)9-17(21)23-3/h4-8,11,16H,9-10H2,1-3H3/t16-/m0/s1. The van der Waals surface area contributed by atoms with E-state index in [1.807, 2.05) is 32.0 Å². The smallest absolute Gasteiger partial charge is 0.309 e.